The number of carbonyl (C=O) groups excluding carboxylic acids is 4. The predicted molar refractivity (Wildman–Crippen MR) is 93.6 cm³/mol. The van der Waals surface area contributed by atoms with Crippen LogP contribution in [0.5, 0.6) is 0 Å². The van der Waals surface area contributed by atoms with Crippen molar-refractivity contribution >= 4 is 24.2 Å². The van der Waals surface area contributed by atoms with Crippen molar-refractivity contribution < 1.29 is 47.6 Å². The number of hydrogen-bond donors (Lipinski definition) is 0. The molecule has 2 unspecified atom stereocenters. The number of carbonyl (C=O) groups is 4. The van der Waals surface area contributed by atoms with Crippen molar-refractivity contribution in [2.24, 2.45) is 17.3 Å². The maximum absolute atomic E-state index is 11.1. The Morgan fingerprint density at radius 1 is 0.552 bits per heavy atom. The van der Waals surface area contributed by atoms with Crippen molar-refractivity contribution in [3.63, 3.8) is 0 Å². The van der Waals surface area contributed by atoms with Crippen LogP contribution in [-0.2, 0) is 38.0 Å². The molecule has 10 heteroatoms. The highest BCUT2D eigenvalue weighted by atomic mass is 16.8. The van der Waals surface area contributed by atoms with Crippen LogP contribution in [0.4, 0.5) is 9.59 Å². The Balaban J connectivity index is 0.000000169. The molecule has 2 atom stereocenters. The van der Waals surface area contributed by atoms with Crippen LogP contribution in [0.25, 0.3) is 0 Å². The zero-order chi connectivity index (χ0) is 20.7. The summed E-state index contributed by atoms with van der Waals surface area (Å²) >= 11 is 0. The fraction of sp³-hybridized carbons (Fsp3) is 0.789. The van der Waals surface area contributed by atoms with Crippen LogP contribution >= 0.6 is 0 Å². The Labute approximate surface area is 168 Å². The van der Waals surface area contributed by atoms with Gasteiger partial charge in [0.2, 0.25) is 0 Å². The number of rotatable bonds is 1. The largest absolute Gasteiger partial charge is 0.508 e. The Kier molecular flexibility index (Phi) is 7.16. The molecular formula is C19H26O10. The summed E-state index contributed by atoms with van der Waals surface area (Å²) in [7, 11) is 0. The molecule has 4 rings (SSSR count). The fourth-order valence-electron chi connectivity index (χ4n) is 3.81. The van der Waals surface area contributed by atoms with E-state index in [0.29, 0.717) is 37.9 Å². The van der Waals surface area contributed by atoms with Gasteiger partial charge in [-0.05, 0) is 37.5 Å². The molecule has 4 aliphatic heterocycles. The molecule has 0 radical (unpaired) electrons. The standard InChI is InChI=1S/C12H18O4.C7H8O6/c13-11-3-1-9(5-7-15-11)10-2-4-12(14)16-8-6-10;8-5-10-1-7(2-11-5)3-12-6(9)13-4-7/h9-10H,1-8H2;1-4H2. The number of cyclic esters (lactones) is 6. The van der Waals surface area contributed by atoms with Crippen molar-refractivity contribution in [2.45, 2.75) is 38.5 Å². The highest BCUT2D eigenvalue weighted by molar-refractivity contribution is 5.70. The van der Waals surface area contributed by atoms with E-state index in [1.165, 1.54) is 0 Å². The van der Waals surface area contributed by atoms with Crippen molar-refractivity contribution in [2.75, 3.05) is 39.6 Å². The molecule has 0 aliphatic carbocycles. The first-order valence-corrected chi connectivity index (χ1v) is 9.86. The zero-order valence-electron chi connectivity index (χ0n) is 16.2. The highest BCUT2D eigenvalue weighted by Gasteiger charge is 2.43. The maximum Gasteiger partial charge on any atom is 0.508 e. The van der Waals surface area contributed by atoms with Gasteiger partial charge in [0.15, 0.2) is 0 Å². The number of hydrogen-bond acceptors (Lipinski definition) is 10. The third kappa shape index (κ3) is 6.23. The average Bonchev–Trinajstić information content (AvgIpc) is 3.07. The second-order valence-corrected chi connectivity index (χ2v) is 7.77. The summed E-state index contributed by atoms with van der Waals surface area (Å²) in [5.74, 6) is 0.869. The van der Waals surface area contributed by atoms with Gasteiger partial charge in [-0.25, -0.2) is 9.59 Å². The average molecular weight is 414 g/mol. The van der Waals surface area contributed by atoms with E-state index in [1.54, 1.807) is 0 Å². The second-order valence-electron chi connectivity index (χ2n) is 7.77. The van der Waals surface area contributed by atoms with E-state index in [4.69, 9.17) is 9.47 Å². The Morgan fingerprint density at radius 2 is 0.931 bits per heavy atom. The van der Waals surface area contributed by atoms with Gasteiger partial charge in [0.05, 0.1) is 13.2 Å². The molecule has 4 fully saturated rings. The molecule has 10 nitrogen and oxygen atoms in total. The van der Waals surface area contributed by atoms with Crippen molar-refractivity contribution in [1.29, 1.82) is 0 Å². The van der Waals surface area contributed by atoms with Crippen LogP contribution < -0.4 is 0 Å². The van der Waals surface area contributed by atoms with Crippen LogP contribution in [0.15, 0.2) is 0 Å². The quantitative estimate of drug-likeness (QED) is 0.465. The third-order valence-corrected chi connectivity index (χ3v) is 5.59. The molecule has 4 saturated heterocycles. The van der Waals surface area contributed by atoms with Gasteiger partial charge in [0, 0.05) is 12.8 Å². The van der Waals surface area contributed by atoms with Gasteiger partial charge < -0.3 is 28.4 Å². The molecule has 4 aliphatic rings. The van der Waals surface area contributed by atoms with Crippen LogP contribution in [0.1, 0.15) is 38.5 Å². The summed E-state index contributed by atoms with van der Waals surface area (Å²) in [6, 6.07) is 0. The zero-order valence-corrected chi connectivity index (χ0v) is 16.2. The highest BCUT2D eigenvalue weighted by Crippen LogP contribution is 2.32. The SMILES string of the molecule is O=C1CCC(C2CCOC(=O)CC2)CCO1.O=C1OCC2(CO1)COC(=O)OC2. The molecule has 0 amide bonds. The molecule has 0 saturated carbocycles. The van der Waals surface area contributed by atoms with Gasteiger partial charge in [0.25, 0.3) is 0 Å². The molecule has 0 aromatic carbocycles. The van der Waals surface area contributed by atoms with Crippen LogP contribution in [-0.4, -0.2) is 63.9 Å². The smallest absolute Gasteiger partial charge is 0.466 e. The van der Waals surface area contributed by atoms with Crippen molar-refractivity contribution in [3.05, 3.63) is 0 Å². The van der Waals surface area contributed by atoms with Gasteiger partial charge in [-0.1, -0.05) is 0 Å². The summed E-state index contributed by atoms with van der Waals surface area (Å²) in [6.45, 7) is 1.74. The Morgan fingerprint density at radius 3 is 1.31 bits per heavy atom. The van der Waals surface area contributed by atoms with E-state index in [-0.39, 0.29) is 38.4 Å². The fourth-order valence-corrected chi connectivity index (χ4v) is 3.81. The summed E-state index contributed by atoms with van der Waals surface area (Å²) < 4.78 is 28.8. The molecule has 29 heavy (non-hydrogen) atoms. The van der Waals surface area contributed by atoms with E-state index >= 15 is 0 Å². The molecule has 0 bridgehead atoms. The summed E-state index contributed by atoms with van der Waals surface area (Å²) in [4.78, 5) is 43.4. The minimum Gasteiger partial charge on any atom is -0.466 e. The molecule has 4 heterocycles. The van der Waals surface area contributed by atoms with E-state index in [2.05, 4.69) is 18.9 Å². The first kappa shape index (κ1) is 21.2. The third-order valence-electron chi connectivity index (χ3n) is 5.59. The second kappa shape index (κ2) is 9.80. The molecule has 0 aromatic heterocycles. The van der Waals surface area contributed by atoms with Gasteiger partial charge in [-0.2, -0.15) is 0 Å². The summed E-state index contributed by atoms with van der Waals surface area (Å²) in [6.07, 6.45) is 3.33. The van der Waals surface area contributed by atoms with Crippen LogP contribution in [0.3, 0.4) is 0 Å². The normalized spacial score (nSPS) is 29.2. The Bertz CT molecular complexity index is 553. The van der Waals surface area contributed by atoms with Crippen LogP contribution in [0, 0.1) is 17.3 Å². The lowest BCUT2D eigenvalue weighted by atomic mass is 9.82. The van der Waals surface area contributed by atoms with Gasteiger partial charge in [0.1, 0.15) is 31.8 Å². The van der Waals surface area contributed by atoms with Gasteiger partial charge >= 0.3 is 24.2 Å². The van der Waals surface area contributed by atoms with Gasteiger partial charge in [-0.15, -0.1) is 0 Å². The summed E-state index contributed by atoms with van der Waals surface area (Å²) in [5, 5.41) is 0. The predicted octanol–water partition coefficient (Wildman–Crippen LogP) is 1.98. The first-order valence-electron chi connectivity index (χ1n) is 9.86. The van der Waals surface area contributed by atoms with E-state index in [1.807, 2.05) is 0 Å². The lowest BCUT2D eigenvalue weighted by molar-refractivity contribution is -0.143. The van der Waals surface area contributed by atoms with Crippen molar-refractivity contribution in [1.82, 2.24) is 0 Å². The first-order chi connectivity index (χ1) is 14.0. The van der Waals surface area contributed by atoms with E-state index in [0.717, 1.165) is 25.7 Å². The molecular weight excluding hydrogens is 388 g/mol. The minimum absolute atomic E-state index is 0.0801. The lowest BCUT2D eigenvalue weighted by Crippen LogP contribution is -2.49. The molecule has 0 N–H and O–H groups in total. The number of ether oxygens (including phenoxy) is 6. The summed E-state index contributed by atoms with van der Waals surface area (Å²) in [5.41, 5.74) is -0.512. The topological polar surface area (TPSA) is 124 Å². The molecule has 162 valence electrons. The molecule has 0 aromatic rings. The lowest BCUT2D eigenvalue weighted by Gasteiger charge is -2.36. The monoisotopic (exact) mass is 414 g/mol. The Hall–Kier alpha value is -2.52. The van der Waals surface area contributed by atoms with E-state index in [9.17, 15) is 19.2 Å². The van der Waals surface area contributed by atoms with Crippen molar-refractivity contribution in [3.8, 4) is 0 Å². The maximum atomic E-state index is 11.1. The van der Waals surface area contributed by atoms with E-state index < -0.39 is 17.7 Å². The minimum atomic E-state index is -0.692. The number of esters is 2. The van der Waals surface area contributed by atoms with Gasteiger partial charge in [-0.3, -0.25) is 9.59 Å². The van der Waals surface area contributed by atoms with Crippen LogP contribution in [0.2, 0.25) is 0 Å². The molecule has 1 spiro atoms.